The predicted molar refractivity (Wildman–Crippen MR) is 173 cm³/mol. The molecule has 8 rings (SSSR count). The normalized spacial score (nSPS) is 19.5. The van der Waals surface area contributed by atoms with Crippen LogP contribution in [0.15, 0.2) is 59.1 Å². The molecule has 2 aliphatic carbocycles. The molecule has 2 aromatic heterocycles. The Labute approximate surface area is 268 Å². The average molecular weight is 647 g/mol. The van der Waals surface area contributed by atoms with Crippen LogP contribution < -0.4 is 9.64 Å². The van der Waals surface area contributed by atoms with Crippen molar-refractivity contribution in [3.63, 3.8) is 0 Å². The van der Waals surface area contributed by atoms with Gasteiger partial charge in [0, 0.05) is 30.0 Å². The molecule has 2 fully saturated rings. The Bertz CT molecular complexity index is 1910. The van der Waals surface area contributed by atoms with Crippen LogP contribution in [0.25, 0.3) is 21.5 Å². The molecule has 1 saturated carbocycles. The molecule has 1 saturated heterocycles. The van der Waals surface area contributed by atoms with Crippen LogP contribution in [-0.4, -0.2) is 34.3 Å². The maximum absolute atomic E-state index is 11.4. The molecule has 3 aliphatic rings. The van der Waals surface area contributed by atoms with Gasteiger partial charge in [-0.3, -0.25) is 0 Å². The van der Waals surface area contributed by atoms with E-state index in [1.165, 1.54) is 11.1 Å². The van der Waals surface area contributed by atoms with Gasteiger partial charge in [0.05, 0.1) is 31.4 Å². The minimum absolute atomic E-state index is 0.0673. The number of fused-ring (bicyclic) bond motifs is 3. The zero-order valence-corrected chi connectivity index (χ0v) is 26.1. The highest BCUT2D eigenvalue weighted by Gasteiger charge is 2.43. The molecule has 5 aromatic rings. The number of benzene rings is 3. The SMILES string of the molecule is O=C(O)c1ccc2nc(N3CCC4(CCCc5cc(OCc6c(-c7c(Cl)cccc7Cl)noc6C6CC6)ccc54)C3)sc2c1. The van der Waals surface area contributed by atoms with Crippen LogP contribution in [0.1, 0.15) is 70.8 Å². The van der Waals surface area contributed by atoms with E-state index in [1.807, 2.05) is 18.2 Å². The summed E-state index contributed by atoms with van der Waals surface area (Å²) in [5.74, 6) is 1.14. The third-order valence-corrected chi connectivity index (χ3v) is 11.1. The van der Waals surface area contributed by atoms with Gasteiger partial charge in [-0.25, -0.2) is 9.78 Å². The standard InChI is InChI=1S/C34H29Cl2N3O4S/c35-25-4-1-5-26(36)29(25)30-23(31(43-38-30)19-6-7-19)17-42-22-9-10-24-20(15-22)3-2-12-34(24)13-14-39(18-34)33-37-27-11-8-21(32(40)41)16-28(27)44-33/h1,4-5,8-11,15-16,19H,2-3,6-7,12-14,17-18H2,(H,40,41). The quantitative estimate of drug-likeness (QED) is 0.189. The summed E-state index contributed by atoms with van der Waals surface area (Å²) in [6.07, 6.45) is 6.50. The molecule has 3 heterocycles. The Kier molecular flexibility index (Phi) is 6.85. The molecule has 44 heavy (non-hydrogen) atoms. The Balaban J connectivity index is 1.04. The summed E-state index contributed by atoms with van der Waals surface area (Å²) in [6.45, 7) is 2.15. The van der Waals surface area contributed by atoms with Gasteiger partial charge in [0.25, 0.3) is 0 Å². The second-order valence-corrected chi connectivity index (χ2v) is 14.0. The van der Waals surface area contributed by atoms with Crippen molar-refractivity contribution in [3.8, 4) is 17.0 Å². The molecule has 1 N–H and O–H groups in total. The van der Waals surface area contributed by atoms with Gasteiger partial charge >= 0.3 is 5.97 Å². The fraction of sp³-hybridized carbons (Fsp3) is 0.324. The molecule has 1 spiro atoms. The van der Waals surface area contributed by atoms with Gasteiger partial charge in [0.1, 0.15) is 23.8 Å². The topological polar surface area (TPSA) is 88.7 Å². The second kappa shape index (κ2) is 10.8. The van der Waals surface area contributed by atoms with E-state index in [1.54, 1.807) is 29.5 Å². The summed E-state index contributed by atoms with van der Waals surface area (Å²) in [5, 5.41) is 15.8. The number of nitrogens with zero attached hydrogens (tertiary/aromatic N) is 3. The third-order valence-electron chi connectivity index (χ3n) is 9.35. The van der Waals surface area contributed by atoms with Crippen molar-refractivity contribution in [3.05, 3.63) is 92.7 Å². The maximum Gasteiger partial charge on any atom is 0.335 e. The smallest absolute Gasteiger partial charge is 0.335 e. The zero-order chi connectivity index (χ0) is 30.0. The van der Waals surface area contributed by atoms with E-state index in [9.17, 15) is 9.90 Å². The first kappa shape index (κ1) is 27.9. The zero-order valence-electron chi connectivity index (χ0n) is 23.8. The van der Waals surface area contributed by atoms with Crippen molar-refractivity contribution >= 4 is 55.9 Å². The molecule has 1 unspecified atom stereocenters. The van der Waals surface area contributed by atoms with Crippen LogP contribution in [0.2, 0.25) is 10.0 Å². The maximum atomic E-state index is 11.4. The van der Waals surface area contributed by atoms with Crippen molar-refractivity contribution in [2.45, 2.75) is 56.5 Å². The number of aromatic carboxylic acids is 1. The molecule has 0 amide bonds. The first-order chi connectivity index (χ1) is 21.4. The van der Waals surface area contributed by atoms with Crippen LogP contribution in [-0.2, 0) is 18.4 Å². The van der Waals surface area contributed by atoms with E-state index >= 15 is 0 Å². The summed E-state index contributed by atoms with van der Waals surface area (Å²) in [4.78, 5) is 18.7. The highest BCUT2D eigenvalue weighted by molar-refractivity contribution is 7.22. The van der Waals surface area contributed by atoms with Crippen molar-refractivity contribution in [2.75, 3.05) is 18.0 Å². The number of hydrogen-bond donors (Lipinski definition) is 1. The van der Waals surface area contributed by atoms with Crippen molar-refractivity contribution in [1.29, 1.82) is 0 Å². The number of thiazole rings is 1. The van der Waals surface area contributed by atoms with Crippen LogP contribution in [0.3, 0.4) is 0 Å². The largest absolute Gasteiger partial charge is 0.489 e. The van der Waals surface area contributed by atoms with E-state index in [0.717, 1.165) is 84.0 Å². The lowest BCUT2D eigenvalue weighted by molar-refractivity contribution is 0.0697. The van der Waals surface area contributed by atoms with Crippen LogP contribution in [0.5, 0.6) is 5.75 Å². The summed E-state index contributed by atoms with van der Waals surface area (Å²) in [7, 11) is 0. The van der Waals surface area contributed by atoms with Gasteiger partial charge in [0.15, 0.2) is 5.13 Å². The summed E-state index contributed by atoms with van der Waals surface area (Å²) < 4.78 is 13.2. The molecule has 10 heteroatoms. The number of ether oxygens (including phenoxy) is 1. The summed E-state index contributed by atoms with van der Waals surface area (Å²) in [6, 6.07) is 17.2. The molecule has 0 bridgehead atoms. The molecule has 3 aromatic carbocycles. The molecule has 1 atom stereocenters. The third kappa shape index (κ3) is 4.84. The van der Waals surface area contributed by atoms with Crippen LogP contribution in [0, 0.1) is 0 Å². The highest BCUT2D eigenvalue weighted by atomic mass is 35.5. The number of aryl methyl sites for hydroxylation is 1. The van der Waals surface area contributed by atoms with Gasteiger partial charge < -0.3 is 19.3 Å². The number of halogens is 2. The average Bonchev–Trinajstić information content (AvgIpc) is 3.42. The van der Waals surface area contributed by atoms with E-state index in [2.05, 4.69) is 28.3 Å². The highest BCUT2D eigenvalue weighted by Crippen LogP contribution is 2.48. The van der Waals surface area contributed by atoms with Crippen molar-refractivity contribution in [2.24, 2.45) is 0 Å². The van der Waals surface area contributed by atoms with Crippen LogP contribution >= 0.6 is 34.5 Å². The monoisotopic (exact) mass is 645 g/mol. The van der Waals surface area contributed by atoms with Gasteiger partial charge in [-0.05, 0) is 92.1 Å². The molecule has 1 aliphatic heterocycles. The Morgan fingerprint density at radius 1 is 1.11 bits per heavy atom. The van der Waals surface area contributed by atoms with E-state index < -0.39 is 5.97 Å². The van der Waals surface area contributed by atoms with Gasteiger partial charge in [-0.1, -0.05) is 51.8 Å². The van der Waals surface area contributed by atoms with Crippen molar-refractivity contribution in [1.82, 2.24) is 10.1 Å². The minimum atomic E-state index is -0.917. The first-order valence-electron chi connectivity index (χ1n) is 15.0. The lowest BCUT2D eigenvalue weighted by atomic mass is 9.69. The molecular weight excluding hydrogens is 617 g/mol. The van der Waals surface area contributed by atoms with Crippen molar-refractivity contribution < 1.29 is 19.2 Å². The Hall–Kier alpha value is -3.59. The number of carboxylic acid groups (broad SMARTS) is 1. The fourth-order valence-electron chi connectivity index (χ4n) is 6.98. The fourth-order valence-corrected chi connectivity index (χ4v) is 8.59. The first-order valence-corrected chi connectivity index (χ1v) is 16.5. The number of aromatic nitrogens is 2. The summed E-state index contributed by atoms with van der Waals surface area (Å²) >= 11 is 14.7. The second-order valence-electron chi connectivity index (χ2n) is 12.1. The Morgan fingerprint density at radius 2 is 1.95 bits per heavy atom. The summed E-state index contributed by atoms with van der Waals surface area (Å²) in [5.41, 5.74) is 6.19. The van der Waals surface area contributed by atoms with E-state index in [4.69, 9.17) is 37.4 Å². The van der Waals surface area contributed by atoms with Gasteiger partial charge in [-0.15, -0.1) is 0 Å². The van der Waals surface area contributed by atoms with Crippen LogP contribution in [0.4, 0.5) is 5.13 Å². The minimum Gasteiger partial charge on any atom is -0.489 e. The molecule has 0 radical (unpaired) electrons. The number of hydrogen-bond acceptors (Lipinski definition) is 7. The van der Waals surface area contributed by atoms with E-state index in [-0.39, 0.29) is 5.41 Å². The molecule has 224 valence electrons. The van der Waals surface area contributed by atoms with E-state index in [0.29, 0.717) is 39.4 Å². The number of carbonyl (C=O) groups is 1. The lowest BCUT2D eigenvalue weighted by Crippen LogP contribution is -2.34. The van der Waals surface area contributed by atoms with Gasteiger partial charge in [0.2, 0.25) is 0 Å². The number of anilines is 1. The molecular formula is C34H29Cl2N3O4S. The predicted octanol–water partition coefficient (Wildman–Crippen LogP) is 8.90. The van der Waals surface area contributed by atoms with Gasteiger partial charge in [-0.2, -0.15) is 0 Å². The lowest BCUT2D eigenvalue weighted by Gasteiger charge is -2.36. The Morgan fingerprint density at radius 3 is 2.75 bits per heavy atom. The number of rotatable bonds is 7. The number of carboxylic acids is 1. The molecule has 7 nitrogen and oxygen atoms in total.